The number of hydrogen-bond acceptors (Lipinski definition) is 7. The highest BCUT2D eigenvalue weighted by Gasteiger charge is 2.15. The van der Waals surface area contributed by atoms with Crippen LogP contribution in [-0.4, -0.2) is 40.3 Å². The van der Waals surface area contributed by atoms with Crippen molar-refractivity contribution in [1.29, 1.82) is 0 Å². The van der Waals surface area contributed by atoms with Gasteiger partial charge in [-0.15, -0.1) is 0 Å². The number of anilines is 3. The summed E-state index contributed by atoms with van der Waals surface area (Å²) in [5.41, 5.74) is 2.69. The Morgan fingerprint density at radius 1 is 1.21 bits per heavy atom. The molecule has 3 aromatic heterocycles. The lowest BCUT2D eigenvalue weighted by molar-refractivity contribution is -0.114. The Bertz CT molecular complexity index is 1150. The fourth-order valence-electron chi connectivity index (χ4n) is 2.54. The molecule has 0 spiro atoms. The number of pyridine rings is 2. The van der Waals surface area contributed by atoms with E-state index in [9.17, 15) is 13.2 Å². The van der Waals surface area contributed by atoms with Crippen molar-refractivity contribution in [3.8, 4) is 11.3 Å². The molecule has 1 amide bonds. The van der Waals surface area contributed by atoms with E-state index in [-0.39, 0.29) is 10.9 Å². The molecule has 0 saturated carbocycles. The fraction of sp³-hybridized carbons (Fsp3) is 0.222. The van der Waals surface area contributed by atoms with Crippen molar-refractivity contribution in [2.45, 2.75) is 18.9 Å². The highest BCUT2D eigenvalue weighted by atomic mass is 32.2. The number of nitrogens with zero attached hydrogens (tertiary/aromatic N) is 4. The smallest absolute Gasteiger partial charge is 0.222 e. The summed E-state index contributed by atoms with van der Waals surface area (Å²) in [5.74, 6) is 0.490. The average molecular weight is 400 g/mol. The monoisotopic (exact) mass is 400 g/mol. The van der Waals surface area contributed by atoms with Gasteiger partial charge in [-0.3, -0.25) is 9.48 Å². The maximum atomic E-state index is 11.9. The maximum absolute atomic E-state index is 11.9. The van der Waals surface area contributed by atoms with E-state index in [0.29, 0.717) is 28.6 Å². The summed E-state index contributed by atoms with van der Waals surface area (Å²) in [6.45, 7) is 3.21. The van der Waals surface area contributed by atoms with Gasteiger partial charge in [0.15, 0.2) is 14.9 Å². The first-order valence-electron chi connectivity index (χ1n) is 8.36. The molecule has 3 rings (SSSR count). The lowest BCUT2D eigenvalue weighted by Gasteiger charge is -2.14. The summed E-state index contributed by atoms with van der Waals surface area (Å²) < 4.78 is 25.4. The molecule has 0 atom stereocenters. The van der Waals surface area contributed by atoms with Crippen molar-refractivity contribution in [2.75, 3.05) is 16.9 Å². The van der Waals surface area contributed by atoms with Gasteiger partial charge in [-0.2, -0.15) is 5.10 Å². The van der Waals surface area contributed by atoms with Crippen molar-refractivity contribution < 1.29 is 13.2 Å². The molecule has 3 heterocycles. The normalized spacial score (nSPS) is 11.3. The molecule has 0 fully saturated rings. The Kier molecular flexibility index (Phi) is 5.14. The first-order chi connectivity index (χ1) is 13.1. The number of carbonyl (C=O) groups is 1. The van der Waals surface area contributed by atoms with Gasteiger partial charge in [-0.1, -0.05) is 6.07 Å². The van der Waals surface area contributed by atoms with Crippen LogP contribution in [0.4, 0.5) is 17.3 Å². The van der Waals surface area contributed by atoms with Gasteiger partial charge < -0.3 is 10.6 Å². The molecular weight excluding hydrogens is 380 g/mol. The van der Waals surface area contributed by atoms with E-state index in [0.717, 1.165) is 11.8 Å². The van der Waals surface area contributed by atoms with Gasteiger partial charge in [0.1, 0.15) is 11.6 Å². The average Bonchev–Trinajstić information content (AvgIpc) is 3.02. The number of aromatic nitrogens is 4. The van der Waals surface area contributed by atoms with Crippen LogP contribution in [0.3, 0.4) is 0 Å². The Morgan fingerprint density at radius 3 is 2.57 bits per heavy atom. The van der Waals surface area contributed by atoms with Crippen LogP contribution in [0.15, 0.2) is 41.7 Å². The molecule has 0 bridgehead atoms. The van der Waals surface area contributed by atoms with Crippen molar-refractivity contribution in [1.82, 2.24) is 19.7 Å². The van der Waals surface area contributed by atoms with Crippen LogP contribution in [-0.2, 0) is 21.7 Å². The van der Waals surface area contributed by atoms with Crippen LogP contribution in [0.5, 0.6) is 0 Å². The maximum Gasteiger partial charge on any atom is 0.222 e. The minimum atomic E-state index is -3.45. The molecule has 0 aliphatic rings. The molecule has 0 aromatic carbocycles. The predicted molar refractivity (Wildman–Crippen MR) is 106 cm³/mol. The number of amides is 1. The van der Waals surface area contributed by atoms with Crippen LogP contribution in [0.25, 0.3) is 11.3 Å². The third kappa shape index (κ3) is 4.34. The molecule has 3 aromatic rings. The summed E-state index contributed by atoms with van der Waals surface area (Å²) in [7, 11) is -1.65. The van der Waals surface area contributed by atoms with Crippen molar-refractivity contribution >= 4 is 33.1 Å². The Labute approximate surface area is 162 Å². The molecule has 0 saturated heterocycles. The first-order valence-corrected chi connectivity index (χ1v) is 10.2. The standard InChI is InChI=1S/C18H20N6O3S/c1-11-5-6-17(28(4,26)27)22-18(11)21-15-9-16(20-12(2)25)19-10-13(15)14-7-8-24(3)23-14/h5-10H,1-4H3,(H2,19,20,21,22,25). The summed E-state index contributed by atoms with van der Waals surface area (Å²) >= 11 is 0. The molecule has 9 nitrogen and oxygen atoms in total. The van der Waals surface area contributed by atoms with Gasteiger partial charge in [-0.05, 0) is 24.6 Å². The molecule has 0 aliphatic heterocycles. The van der Waals surface area contributed by atoms with Crippen molar-refractivity contribution in [3.63, 3.8) is 0 Å². The second-order valence-electron chi connectivity index (χ2n) is 6.38. The van der Waals surface area contributed by atoms with Gasteiger partial charge in [0.25, 0.3) is 0 Å². The SMILES string of the molecule is CC(=O)Nc1cc(Nc2nc(S(C)(=O)=O)ccc2C)c(-c2ccn(C)n2)cn1. The van der Waals surface area contributed by atoms with Crippen LogP contribution in [0, 0.1) is 6.92 Å². The molecule has 146 valence electrons. The van der Waals surface area contributed by atoms with Gasteiger partial charge in [-0.25, -0.2) is 18.4 Å². The third-order valence-electron chi connectivity index (χ3n) is 3.90. The summed E-state index contributed by atoms with van der Waals surface area (Å²) in [5, 5.41) is 10.1. The first kappa shape index (κ1) is 19.5. The Hall–Kier alpha value is -3.27. The Balaban J connectivity index is 2.10. The van der Waals surface area contributed by atoms with E-state index in [1.807, 2.05) is 13.0 Å². The number of rotatable bonds is 5. The van der Waals surface area contributed by atoms with Crippen LogP contribution >= 0.6 is 0 Å². The van der Waals surface area contributed by atoms with E-state index < -0.39 is 9.84 Å². The number of aryl methyl sites for hydroxylation is 2. The Morgan fingerprint density at radius 2 is 1.96 bits per heavy atom. The zero-order chi connectivity index (χ0) is 20.5. The van der Waals surface area contributed by atoms with Gasteiger partial charge in [0.2, 0.25) is 5.91 Å². The lowest BCUT2D eigenvalue weighted by Crippen LogP contribution is -2.09. The van der Waals surface area contributed by atoms with Crippen LogP contribution in [0.2, 0.25) is 0 Å². The second kappa shape index (κ2) is 7.39. The number of nitrogens with one attached hydrogen (secondary N) is 2. The number of sulfone groups is 1. The van der Waals surface area contributed by atoms with Crippen molar-refractivity contribution in [2.24, 2.45) is 7.05 Å². The van der Waals surface area contributed by atoms with Gasteiger partial charge in [0.05, 0.1) is 11.4 Å². The molecule has 28 heavy (non-hydrogen) atoms. The van der Waals surface area contributed by atoms with E-state index in [1.54, 1.807) is 36.3 Å². The quantitative estimate of drug-likeness (QED) is 0.674. The highest BCUT2D eigenvalue weighted by molar-refractivity contribution is 7.90. The minimum Gasteiger partial charge on any atom is -0.339 e. The largest absolute Gasteiger partial charge is 0.339 e. The van der Waals surface area contributed by atoms with Gasteiger partial charge in [0, 0.05) is 44.3 Å². The summed E-state index contributed by atoms with van der Waals surface area (Å²) in [6.07, 6.45) is 4.50. The highest BCUT2D eigenvalue weighted by Crippen LogP contribution is 2.31. The second-order valence-corrected chi connectivity index (χ2v) is 8.35. The molecular formula is C18H20N6O3S. The topological polar surface area (TPSA) is 119 Å². The van der Waals surface area contributed by atoms with Crippen LogP contribution in [0.1, 0.15) is 12.5 Å². The fourth-order valence-corrected chi connectivity index (χ4v) is 3.11. The van der Waals surface area contributed by atoms with E-state index >= 15 is 0 Å². The third-order valence-corrected chi connectivity index (χ3v) is 4.89. The summed E-state index contributed by atoms with van der Waals surface area (Å²) in [6, 6.07) is 6.63. The van der Waals surface area contributed by atoms with E-state index in [2.05, 4.69) is 25.7 Å². The predicted octanol–water partition coefficient (Wildman–Crippen LogP) is 2.29. The van der Waals surface area contributed by atoms with E-state index in [4.69, 9.17) is 0 Å². The summed E-state index contributed by atoms with van der Waals surface area (Å²) in [4.78, 5) is 19.9. The lowest BCUT2D eigenvalue weighted by atomic mass is 10.1. The van der Waals surface area contributed by atoms with Crippen LogP contribution < -0.4 is 10.6 Å². The number of hydrogen-bond donors (Lipinski definition) is 2. The van der Waals surface area contributed by atoms with Crippen molar-refractivity contribution in [3.05, 3.63) is 42.2 Å². The molecule has 0 radical (unpaired) electrons. The molecule has 0 unspecified atom stereocenters. The zero-order valence-electron chi connectivity index (χ0n) is 15.9. The minimum absolute atomic E-state index is 0.0314. The molecule has 2 N–H and O–H groups in total. The molecule has 10 heteroatoms. The molecule has 0 aliphatic carbocycles. The van der Waals surface area contributed by atoms with E-state index in [1.165, 1.54) is 13.0 Å². The number of carbonyl (C=O) groups excluding carboxylic acids is 1. The zero-order valence-corrected chi connectivity index (χ0v) is 16.7. The van der Waals surface area contributed by atoms with Gasteiger partial charge >= 0.3 is 0 Å².